The average molecular weight is 183 g/mol. The molecular formula is C3H5Cl2KO2. The number of carbonyl (C=O) groups is 1. The van der Waals surface area contributed by atoms with Crippen LogP contribution >= 0.6 is 23.2 Å². The van der Waals surface area contributed by atoms with E-state index in [4.69, 9.17) is 28.3 Å². The Hall–Kier alpha value is 1.69. The van der Waals surface area contributed by atoms with Crippen LogP contribution in [0.3, 0.4) is 0 Å². The van der Waals surface area contributed by atoms with E-state index in [-0.39, 0.29) is 58.7 Å². The third-order valence-corrected chi connectivity index (χ3v) is 1.21. The first-order valence-corrected chi connectivity index (χ1v) is 2.58. The first-order valence-electron chi connectivity index (χ1n) is 1.61. The van der Waals surface area contributed by atoms with E-state index in [0.29, 0.717) is 0 Å². The Kier molecular flexibility index (Phi) is 10.5. The predicted octanol–water partition coefficient (Wildman–Crippen LogP) is -1.97. The molecule has 0 saturated heterocycles. The molecule has 0 saturated carbocycles. The van der Waals surface area contributed by atoms with Crippen LogP contribution in [0.15, 0.2) is 0 Å². The topological polar surface area (TPSA) is 37.3 Å². The smallest absolute Gasteiger partial charge is 1.00 e. The maximum absolute atomic E-state index is 9.71. The van der Waals surface area contributed by atoms with Gasteiger partial charge in [0.05, 0.1) is 0 Å². The van der Waals surface area contributed by atoms with E-state index in [1.54, 1.807) is 0 Å². The van der Waals surface area contributed by atoms with Crippen molar-refractivity contribution in [1.29, 1.82) is 0 Å². The van der Waals surface area contributed by atoms with Crippen LogP contribution in [-0.2, 0) is 4.79 Å². The van der Waals surface area contributed by atoms with Crippen LogP contribution < -0.4 is 51.4 Å². The molecular weight excluding hydrogens is 178 g/mol. The molecule has 0 heterocycles. The number of rotatable bonds is 2. The molecule has 0 fully saturated rings. The van der Waals surface area contributed by atoms with Crippen molar-refractivity contribution in [3.8, 4) is 0 Å². The Morgan fingerprint density at radius 2 is 2.25 bits per heavy atom. The van der Waals surface area contributed by atoms with Gasteiger partial charge >= 0.3 is 57.4 Å². The minimum Gasteiger partial charge on any atom is -1.00 e. The summed E-state index contributed by atoms with van der Waals surface area (Å²) in [5, 5.41) is 7.02. The fraction of sp³-hybridized carbons (Fsp3) is 0.667. The predicted molar refractivity (Wildman–Crippen MR) is 29.1 cm³/mol. The monoisotopic (exact) mass is 182 g/mol. The second-order valence-electron chi connectivity index (χ2n) is 0.960. The second kappa shape index (κ2) is 6.80. The third-order valence-electron chi connectivity index (χ3n) is 0.403. The number of alkyl halides is 2. The zero-order chi connectivity index (χ0) is 5.86. The molecule has 0 rings (SSSR count). The van der Waals surface area contributed by atoms with Crippen molar-refractivity contribution < 1.29 is 62.7 Å². The summed E-state index contributed by atoms with van der Waals surface area (Å²) < 4.78 is 0. The molecule has 0 aliphatic heterocycles. The van der Waals surface area contributed by atoms with E-state index >= 15 is 0 Å². The zero-order valence-electron chi connectivity index (χ0n) is 5.40. The number of halogens is 2. The summed E-state index contributed by atoms with van der Waals surface area (Å²) >= 11 is 10.1. The molecule has 0 aromatic carbocycles. The van der Waals surface area contributed by atoms with Crippen molar-refractivity contribution >= 4 is 29.2 Å². The van der Waals surface area contributed by atoms with Gasteiger partial charge in [0.2, 0.25) is 0 Å². The van der Waals surface area contributed by atoms with Gasteiger partial charge in [0.25, 0.3) is 0 Å². The van der Waals surface area contributed by atoms with Crippen molar-refractivity contribution in [3.05, 3.63) is 0 Å². The number of hydrogen-bond donors (Lipinski definition) is 1. The number of aliphatic carboxylic acids is 1. The maximum atomic E-state index is 9.71. The Bertz CT molecular complexity index is 82.2. The fourth-order valence-corrected chi connectivity index (χ4v) is 0.198. The summed E-state index contributed by atoms with van der Waals surface area (Å²) in [5.41, 5.74) is 0. The van der Waals surface area contributed by atoms with Gasteiger partial charge in [-0.3, -0.25) is 4.79 Å². The van der Waals surface area contributed by atoms with Gasteiger partial charge in [0.1, 0.15) is 5.38 Å². The van der Waals surface area contributed by atoms with Gasteiger partial charge in [-0.15, -0.1) is 23.2 Å². The molecule has 0 radical (unpaired) electrons. The number of carboxylic acid groups (broad SMARTS) is 1. The van der Waals surface area contributed by atoms with Gasteiger partial charge in [-0.25, -0.2) is 0 Å². The normalized spacial score (nSPS) is 11.8. The van der Waals surface area contributed by atoms with Gasteiger partial charge in [0.15, 0.2) is 0 Å². The molecule has 1 atom stereocenters. The van der Waals surface area contributed by atoms with Crippen LogP contribution in [0.25, 0.3) is 0 Å². The molecule has 0 aliphatic carbocycles. The summed E-state index contributed by atoms with van der Waals surface area (Å²) in [4.78, 5) is 9.71. The standard InChI is InChI=1S/C3H4Cl2O2.K.H/c4-1-2(5)3(6)7;;/h2H,1H2,(H,6,7);;/q;+1;-1. The van der Waals surface area contributed by atoms with E-state index < -0.39 is 11.3 Å². The molecule has 5 heteroatoms. The van der Waals surface area contributed by atoms with Gasteiger partial charge in [-0.2, -0.15) is 0 Å². The summed E-state index contributed by atoms with van der Waals surface area (Å²) in [5.74, 6) is -1.12. The van der Waals surface area contributed by atoms with Crippen molar-refractivity contribution in [1.82, 2.24) is 0 Å². The molecule has 2 nitrogen and oxygen atoms in total. The third kappa shape index (κ3) is 5.82. The molecule has 0 bridgehead atoms. The molecule has 1 unspecified atom stereocenters. The number of hydrogen-bond acceptors (Lipinski definition) is 1. The first kappa shape index (κ1) is 12.4. The first-order chi connectivity index (χ1) is 3.18. The fourth-order valence-electron chi connectivity index (χ4n) is 0.0660. The maximum Gasteiger partial charge on any atom is 1.00 e. The number of carboxylic acids is 1. The Morgan fingerprint density at radius 1 is 1.88 bits per heavy atom. The van der Waals surface area contributed by atoms with Crippen LogP contribution in [0.2, 0.25) is 0 Å². The SMILES string of the molecule is O=C(O)C(Cl)CCl.[H-].[K+]. The van der Waals surface area contributed by atoms with Gasteiger partial charge in [0, 0.05) is 5.88 Å². The van der Waals surface area contributed by atoms with Crippen molar-refractivity contribution in [2.75, 3.05) is 5.88 Å². The van der Waals surface area contributed by atoms with Crippen LogP contribution in [0.5, 0.6) is 0 Å². The minimum atomic E-state index is -1.07. The quantitative estimate of drug-likeness (QED) is 0.398. The van der Waals surface area contributed by atoms with Crippen molar-refractivity contribution in [3.63, 3.8) is 0 Å². The van der Waals surface area contributed by atoms with Crippen LogP contribution in [-0.4, -0.2) is 22.3 Å². The molecule has 0 spiro atoms. The van der Waals surface area contributed by atoms with Gasteiger partial charge in [-0.05, 0) is 0 Å². The van der Waals surface area contributed by atoms with E-state index in [1.807, 2.05) is 0 Å². The summed E-state index contributed by atoms with van der Waals surface area (Å²) in [6.07, 6.45) is 0. The van der Waals surface area contributed by atoms with Crippen LogP contribution in [0.1, 0.15) is 1.43 Å². The Balaban J connectivity index is -0.000000180. The van der Waals surface area contributed by atoms with Crippen molar-refractivity contribution in [2.24, 2.45) is 0 Å². The molecule has 0 aromatic rings. The zero-order valence-corrected chi connectivity index (χ0v) is 9.03. The van der Waals surface area contributed by atoms with Crippen LogP contribution in [0.4, 0.5) is 0 Å². The largest absolute Gasteiger partial charge is 1.00 e. The van der Waals surface area contributed by atoms with Crippen molar-refractivity contribution in [2.45, 2.75) is 5.38 Å². The summed E-state index contributed by atoms with van der Waals surface area (Å²) in [6, 6.07) is 0. The van der Waals surface area contributed by atoms with Crippen LogP contribution in [0, 0.1) is 0 Å². The van der Waals surface area contributed by atoms with E-state index in [0.717, 1.165) is 0 Å². The Morgan fingerprint density at radius 3 is 2.25 bits per heavy atom. The summed E-state index contributed by atoms with van der Waals surface area (Å²) in [6.45, 7) is 0. The molecule has 8 heavy (non-hydrogen) atoms. The molecule has 0 aliphatic rings. The average Bonchev–Trinajstić information content (AvgIpc) is 1.65. The molecule has 0 aromatic heterocycles. The van der Waals surface area contributed by atoms with E-state index in [1.165, 1.54) is 0 Å². The minimum absolute atomic E-state index is 0. The second-order valence-corrected chi connectivity index (χ2v) is 1.80. The Labute approximate surface area is 101 Å². The molecule has 44 valence electrons. The summed E-state index contributed by atoms with van der Waals surface area (Å²) in [7, 11) is 0. The van der Waals surface area contributed by atoms with Gasteiger partial charge in [-0.1, -0.05) is 0 Å². The molecule has 1 N–H and O–H groups in total. The molecule has 0 amide bonds. The van der Waals surface area contributed by atoms with Gasteiger partial charge < -0.3 is 6.53 Å². The van der Waals surface area contributed by atoms with E-state index in [2.05, 4.69) is 0 Å². The van der Waals surface area contributed by atoms with E-state index in [9.17, 15) is 4.79 Å².